The maximum absolute atomic E-state index is 12.2. The van der Waals surface area contributed by atoms with Crippen LogP contribution in [0, 0.1) is 6.92 Å². The van der Waals surface area contributed by atoms with Crippen molar-refractivity contribution in [2.75, 3.05) is 26.3 Å². The number of aryl methyl sites for hydroxylation is 1. The first kappa shape index (κ1) is 23.6. The molecule has 166 valence electrons. The van der Waals surface area contributed by atoms with Crippen molar-refractivity contribution in [3.05, 3.63) is 56.3 Å². The molecule has 0 spiro atoms. The lowest BCUT2D eigenvalue weighted by Crippen LogP contribution is -2.46. The Balaban J connectivity index is 1.61. The van der Waals surface area contributed by atoms with E-state index in [0.717, 1.165) is 0 Å². The van der Waals surface area contributed by atoms with Crippen LogP contribution in [0.3, 0.4) is 0 Å². The number of nitrogens with zero attached hydrogens (tertiary/aromatic N) is 3. The molecule has 2 aromatic rings. The number of ether oxygens (including phenoxy) is 2. The minimum Gasteiger partial charge on any atom is -0.452 e. The fourth-order valence-corrected chi connectivity index (χ4v) is 3.98. The molecule has 1 saturated heterocycles. The van der Waals surface area contributed by atoms with Gasteiger partial charge in [-0.3, -0.25) is 4.79 Å². The number of halogens is 3. The van der Waals surface area contributed by atoms with E-state index in [9.17, 15) is 9.59 Å². The summed E-state index contributed by atoms with van der Waals surface area (Å²) in [7, 11) is 0. The summed E-state index contributed by atoms with van der Waals surface area (Å²) in [5, 5.41) is 5.75. The van der Waals surface area contributed by atoms with Gasteiger partial charge in [0.15, 0.2) is 6.61 Å². The molecule has 1 fully saturated rings. The van der Waals surface area contributed by atoms with Crippen LogP contribution >= 0.6 is 34.8 Å². The second-order valence-electron chi connectivity index (χ2n) is 7.11. The highest BCUT2D eigenvalue weighted by Crippen LogP contribution is 2.28. The van der Waals surface area contributed by atoms with Gasteiger partial charge in [-0.25, -0.2) is 9.48 Å². The van der Waals surface area contributed by atoms with E-state index >= 15 is 0 Å². The minimum atomic E-state index is -0.646. The molecule has 0 N–H and O–H groups in total. The van der Waals surface area contributed by atoms with Crippen molar-refractivity contribution in [3.63, 3.8) is 0 Å². The molecule has 1 atom stereocenters. The number of aromatic nitrogens is 2. The average Bonchev–Trinajstić information content (AvgIpc) is 3.00. The van der Waals surface area contributed by atoms with Gasteiger partial charge in [-0.05, 0) is 32.1 Å². The number of carbonyl (C=O) groups is 2. The van der Waals surface area contributed by atoms with Crippen molar-refractivity contribution in [1.29, 1.82) is 0 Å². The van der Waals surface area contributed by atoms with Crippen LogP contribution in [-0.2, 0) is 25.6 Å². The standard InChI is InChI=1S/C21H22Cl3N3O4/c1-13-10-26(8-9-30-13)19(28)12-31-20(29)7-6-15-14(2)25-27(21(15)24)11-16-17(22)4-3-5-18(16)23/h3-7,13H,8-12H2,1-2H3/b7-6+. The summed E-state index contributed by atoms with van der Waals surface area (Å²) in [5.41, 5.74) is 1.88. The predicted molar refractivity (Wildman–Crippen MR) is 120 cm³/mol. The average molecular weight is 487 g/mol. The number of carbonyl (C=O) groups excluding carboxylic acids is 2. The zero-order chi connectivity index (χ0) is 22.5. The van der Waals surface area contributed by atoms with Crippen LogP contribution in [0.25, 0.3) is 6.08 Å². The van der Waals surface area contributed by atoms with Crippen molar-refractivity contribution in [2.24, 2.45) is 0 Å². The topological polar surface area (TPSA) is 73.7 Å². The lowest BCUT2D eigenvalue weighted by molar-refractivity contribution is -0.151. The van der Waals surface area contributed by atoms with Gasteiger partial charge in [0.2, 0.25) is 0 Å². The van der Waals surface area contributed by atoms with Crippen LogP contribution in [0.4, 0.5) is 0 Å². The monoisotopic (exact) mass is 485 g/mol. The molecule has 1 aromatic carbocycles. The molecule has 1 aliphatic rings. The Hall–Kier alpha value is -2.06. The van der Waals surface area contributed by atoms with E-state index in [1.165, 1.54) is 12.2 Å². The molecule has 1 amide bonds. The number of benzene rings is 1. The molecule has 0 saturated carbocycles. The van der Waals surface area contributed by atoms with Crippen LogP contribution in [0.1, 0.15) is 23.7 Å². The highest BCUT2D eigenvalue weighted by atomic mass is 35.5. The van der Waals surface area contributed by atoms with Gasteiger partial charge in [-0.2, -0.15) is 5.10 Å². The summed E-state index contributed by atoms with van der Waals surface area (Å²) >= 11 is 18.9. The molecule has 1 aromatic heterocycles. The molecule has 0 radical (unpaired) electrons. The lowest BCUT2D eigenvalue weighted by Gasteiger charge is -2.30. The normalized spacial score (nSPS) is 16.7. The van der Waals surface area contributed by atoms with E-state index < -0.39 is 5.97 Å². The summed E-state index contributed by atoms with van der Waals surface area (Å²) in [6, 6.07) is 5.24. The van der Waals surface area contributed by atoms with E-state index in [2.05, 4.69) is 5.10 Å². The number of morpholine rings is 1. The van der Waals surface area contributed by atoms with E-state index in [4.69, 9.17) is 44.3 Å². The van der Waals surface area contributed by atoms with Gasteiger partial charge in [-0.1, -0.05) is 40.9 Å². The molecule has 3 rings (SSSR count). The van der Waals surface area contributed by atoms with Crippen LogP contribution in [0.15, 0.2) is 24.3 Å². The second-order valence-corrected chi connectivity index (χ2v) is 8.28. The summed E-state index contributed by atoms with van der Waals surface area (Å²) in [6.45, 7) is 5.05. The van der Waals surface area contributed by atoms with Crippen LogP contribution in [0.5, 0.6) is 0 Å². The van der Waals surface area contributed by atoms with Crippen LogP contribution < -0.4 is 0 Å². The van der Waals surface area contributed by atoms with Gasteiger partial charge >= 0.3 is 5.97 Å². The minimum absolute atomic E-state index is 0.0319. The summed E-state index contributed by atoms with van der Waals surface area (Å²) < 4.78 is 12.0. The number of amides is 1. The highest BCUT2D eigenvalue weighted by Gasteiger charge is 2.22. The first-order valence-corrected chi connectivity index (χ1v) is 10.8. The maximum Gasteiger partial charge on any atom is 0.331 e. The number of esters is 1. The Morgan fingerprint density at radius 3 is 2.68 bits per heavy atom. The van der Waals surface area contributed by atoms with Gasteiger partial charge < -0.3 is 14.4 Å². The Morgan fingerprint density at radius 2 is 2.00 bits per heavy atom. The molecule has 0 bridgehead atoms. The van der Waals surface area contributed by atoms with Crippen molar-refractivity contribution in [3.8, 4) is 0 Å². The molecule has 2 heterocycles. The van der Waals surface area contributed by atoms with Gasteiger partial charge in [-0.15, -0.1) is 0 Å². The third-order valence-electron chi connectivity index (χ3n) is 4.80. The van der Waals surface area contributed by atoms with E-state index in [1.54, 1.807) is 34.7 Å². The van der Waals surface area contributed by atoms with Crippen molar-refractivity contribution >= 4 is 52.8 Å². The van der Waals surface area contributed by atoms with Gasteiger partial charge in [0.25, 0.3) is 5.91 Å². The summed E-state index contributed by atoms with van der Waals surface area (Å²) in [4.78, 5) is 25.9. The fourth-order valence-electron chi connectivity index (χ4n) is 3.16. The number of hydrogen-bond acceptors (Lipinski definition) is 5. The van der Waals surface area contributed by atoms with Crippen molar-refractivity contribution in [2.45, 2.75) is 26.5 Å². The molecular formula is C21H22Cl3N3O4. The SMILES string of the molecule is Cc1nn(Cc2c(Cl)cccc2Cl)c(Cl)c1/C=C/C(=O)OCC(=O)N1CCOC(C)C1. The molecule has 7 nitrogen and oxygen atoms in total. The smallest absolute Gasteiger partial charge is 0.331 e. The molecule has 0 aliphatic carbocycles. The van der Waals surface area contributed by atoms with Gasteiger partial charge in [0, 0.05) is 40.3 Å². The predicted octanol–water partition coefficient (Wildman–Crippen LogP) is 4.00. The second kappa shape index (κ2) is 10.5. The quantitative estimate of drug-likeness (QED) is 0.456. The van der Waals surface area contributed by atoms with E-state index in [0.29, 0.717) is 51.7 Å². The zero-order valence-electron chi connectivity index (χ0n) is 17.1. The molecule has 1 aliphatic heterocycles. The molecular weight excluding hydrogens is 465 g/mol. The summed E-state index contributed by atoms with van der Waals surface area (Å²) in [6.07, 6.45) is 2.70. The fraction of sp³-hybridized carbons (Fsp3) is 0.381. The maximum atomic E-state index is 12.2. The zero-order valence-corrected chi connectivity index (χ0v) is 19.4. The Bertz CT molecular complexity index is 986. The third-order valence-corrected chi connectivity index (χ3v) is 5.90. The Labute approximate surface area is 195 Å². The van der Waals surface area contributed by atoms with Crippen molar-refractivity contribution in [1.82, 2.24) is 14.7 Å². The molecule has 31 heavy (non-hydrogen) atoms. The van der Waals surface area contributed by atoms with Crippen molar-refractivity contribution < 1.29 is 19.1 Å². The largest absolute Gasteiger partial charge is 0.452 e. The Kier molecular flexibility index (Phi) is 8.00. The van der Waals surface area contributed by atoms with Crippen LogP contribution in [0.2, 0.25) is 15.2 Å². The summed E-state index contributed by atoms with van der Waals surface area (Å²) in [5.74, 6) is -0.900. The first-order valence-electron chi connectivity index (χ1n) is 9.66. The molecule has 10 heteroatoms. The van der Waals surface area contributed by atoms with E-state index in [-0.39, 0.29) is 25.2 Å². The Morgan fingerprint density at radius 1 is 1.29 bits per heavy atom. The van der Waals surface area contributed by atoms with Crippen LogP contribution in [-0.4, -0.2) is 59.0 Å². The van der Waals surface area contributed by atoms with Gasteiger partial charge in [0.1, 0.15) is 5.15 Å². The number of rotatable bonds is 6. The first-order chi connectivity index (χ1) is 14.8. The molecule has 1 unspecified atom stereocenters. The third kappa shape index (κ3) is 6.01. The van der Waals surface area contributed by atoms with E-state index in [1.807, 2.05) is 6.92 Å². The van der Waals surface area contributed by atoms with Gasteiger partial charge in [0.05, 0.1) is 24.9 Å². The number of hydrogen-bond donors (Lipinski definition) is 0. The highest BCUT2D eigenvalue weighted by molar-refractivity contribution is 6.36. The lowest BCUT2D eigenvalue weighted by atomic mass is 10.2.